The average molecular weight is 344 g/mol. The van der Waals surface area contributed by atoms with Gasteiger partial charge in [-0.2, -0.15) is 0 Å². The molecular weight excluding hydrogens is 330 g/mol. The third-order valence-electron chi connectivity index (χ3n) is 3.49. The number of hydrogen-bond donors (Lipinski definition) is 1. The van der Waals surface area contributed by atoms with Crippen molar-refractivity contribution < 1.29 is 13.6 Å². The number of anilines is 1. The fourth-order valence-corrected chi connectivity index (χ4v) is 3.15. The molecule has 3 aromatic rings. The van der Waals surface area contributed by atoms with E-state index in [1.165, 1.54) is 17.4 Å². The first-order valence-electron chi connectivity index (χ1n) is 7.25. The second-order valence-corrected chi connectivity index (χ2v) is 6.58. The molecule has 1 N–H and O–H groups in total. The Balaban J connectivity index is 1.86. The molecular formula is C18H14F2N2OS. The van der Waals surface area contributed by atoms with Crippen molar-refractivity contribution in [2.24, 2.45) is 0 Å². The van der Waals surface area contributed by atoms with Crippen LogP contribution in [0.2, 0.25) is 0 Å². The topological polar surface area (TPSA) is 42.0 Å². The first-order valence-corrected chi connectivity index (χ1v) is 8.06. The zero-order chi connectivity index (χ0) is 17.3. The zero-order valence-electron chi connectivity index (χ0n) is 13.1. The lowest BCUT2D eigenvalue weighted by Crippen LogP contribution is -2.11. The summed E-state index contributed by atoms with van der Waals surface area (Å²) < 4.78 is 26.5. The molecule has 0 radical (unpaired) electrons. The van der Waals surface area contributed by atoms with Crippen molar-refractivity contribution in [3.05, 3.63) is 70.1 Å². The molecule has 0 fully saturated rings. The van der Waals surface area contributed by atoms with Gasteiger partial charge in [-0.25, -0.2) is 13.8 Å². The zero-order valence-corrected chi connectivity index (χ0v) is 13.9. The van der Waals surface area contributed by atoms with Crippen LogP contribution in [0.1, 0.15) is 20.8 Å². The summed E-state index contributed by atoms with van der Waals surface area (Å²) in [7, 11) is 0. The highest BCUT2D eigenvalue weighted by Crippen LogP contribution is 2.31. The van der Waals surface area contributed by atoms with Gasteiger partial charge in [-0.05, 0) is 44.2 Å². The molecule has 6 heteroatoms. The number of nitrogens with one attached hydrogen (secondary N) is 1. The van der Waals surface area contributed by atoms with Crippen molar-refractivity contribution in [2.45, 2.75) is 13.8 Å². The van der Waals surface area contributed by atoms with E-state index in [1.807, 2.05) is 26.0 Å². The van der Waals surface area contributed by atoms with E-state index in [2.05, 4.69) is 10.3 Å². The number of amides is 1. The Morgan fingerprint density at radius 2 is 1.88 bits per heavy atom. The van der Waals surface area contributed by atoms with Gasteiger partial charge in [0.15, 0.2) is 16.8 Å². The molecule has 2 aromatic carbocycles. The van der Waals surface area contributed by atoms with Crippen LogP contribution >= 0.6 is 11.3 Å². The average Bonchev–Trinajstić information content (AvgIpc) is 2.90. The second-order valence-electron chi connectivity index (χ2n) is 5.38. The van der Waals surface area contributed by atoms with Gasteiger partial charge in [0, 0.05) is 16.0 Å². The van der Waals surface area contributed by atoms with Gasteiger partial charge in [0.1, 0.15) is 0 Å². The molecule has 0 atom stereocenters. The standard InChI is InChI=1S/C18H14F2N2OS/c1-10-4-3-5-13(8-10)17(23)22-18-21-16(11(2)24-18)12-6-7-14(19)15(20)9-12/h3-9H,1-2H3,(H,21,22,23). The van der Waals surface area contributed by atoms with E-state index in [1.54, 1.807) is 12.1 Å². The minimum atomic E-state index is -0.926. The maximum atomic E-state index is 13.4. The lowest BCUT2D eigenvalue weighted by atomic mass is 10.1. The molecule has 0 saturated carbocycles. The molecule has 0 unspecified atom stereocenters. The summed E-state index contributed by atoms with van der Waals surface area (Å²) in [5, 5.41) is 3.16. The van der Waals surface area contributed by atoms with Crippen LogP contribution in [0.3, 0.4) is 0 Å². The Bertz CT molecular complexity index is 921. The maximum absolute atomic E-state index is 13.4. The monoisotopic (exact) mass is 344 g/mol. The van der Waals surface area contributed by atoms with Gasteiger partial charge in [0.25, 0.3) is 5.91 Å². The Hall–Kier alpha value is -2.60. The lowest BCUT2D eigenvalue weighted by Gasteiger charge is -2.02. The molecule has 1 heterocycles. The number of nitrogens with zero attached hydrogens (tertiary/aromatic N) is 1. The van der Waals surface area contributed by atoms with Crippen LogP contribution in [0.4, 0.5) is 13.9 Å². The second kappa shape index (κ2) is 6.49. The molecule has 24 heavy (non-hydrogen) atoms. The van der Waals surface area contributed by atoms with Crippen LogP contribution in [0.5, 0.6) is 0 Å². The number of benzene rings is 2. The fraction of sp³-hybridized carbons (Fsp3) is 0.111. The molecule has 1 aromatic heterocycles. The summed E-state index contributed by atoms with van der Waals surface area (Å²) in [6.07, 6.45) is 0. The van der Waals surface area contributed by atoms with Gasteiger partial charge < -0.3 is 0 Å². The highest BCUT2D eigenvalue weighted by molar-refractivity contribution is 7.16. The summed E-state index contributed by atoms with van der Waals surface area (Å²) in [6.45, 7) is 3.72. The van der Waals surface area contributed by atoms with Gasteiger partial charge >= 0.3 is 0 Å². The minimum absolute atomic E-state index is 0.260. The van der Waals surface area contributed by atoms with Crippen molar-refractivity contribution in [1.29, 1.82) is 0 Å². The summed E-state index contributed by atoms with van der Waals surface area (Å²) >= 11 is 1.29. The molecule has 0 spiro atoms. The molecule has 122 valence electrons. The Kier molecular flexibility index (Phi) is 4.40. The van der Waals surface area contributed by atoms with E-state index in [4.69, 9.17) is 0 Å². The number of carbonyl (C=O) groups is 1. The van der Waals surface area contributed by atoms with Crippen molar-refractivity contribution in [3.8, 4) is 11.3 Å². The Morgan fingerprint density at radius 3 is 2.58 bits per heavy atom. The van der Waals surface area contributed by atoms with Crippen molar-refractivity contribution in [3.63, 3.8) is 0 Å². The van der Waals surface area contributed by atoms with Crippen LogP contribution in [0.25, 0.3) is 11.3 Å². The Labute approximate surface area is 142 Å². The number of halogens is 2. The normalized spacial score (nSPS) is 10.7. The van der Waals surface area contributed by atoms with Gasteiger partial charge in [0.05, 0.1) is 5.69 Å². The van der Waals surface area contributed by atoms with E-state index in [9.17, 15) is 13.6 Å². The van der Waals surface area contributed by atoms with Crippen LogP contribution in [-0.2, 0) is 0 Å². The van der Waals surface area contributed by atoms with Crippen molar-refractivity contribution in [2.75, 3.05) is 5.32 Å². The number of thiazole rings is 1. The molecule has 0 aliphatic carbocycles. The first-order chi connectivity index (χ1) is 11.4. The molecule has 3 nitrogen and oxygen atoms in total. The predicted molar refractivity (Wildman–Crippen MR) is 91.3 cm³/mol. The van der Waals surface area contributed by atoms with Crippen LogP contribution in [0, 0.1) is 25.5 Å². The number of hydrogen-bond acceptors (Lipinski definition) is 3. The van der Waals surface area contributed by atoms with Gasteiger partial charge in [-0.3, -0.25) is 10.1 Å². The van der Waals surface area contributed by atoms with Gasteiger partial charge in [0.2, 0.25) is 0 Å². The predicted octanol–water partition coefficient (Wildman–Crippen LogP) is 4.96. The van der Waals surface area contributed by atoms with Crippen molar-refractivity contribution in [1.82, 2.24) is 4.98 Å². The number of aryl methyl sites for hydroxylation is 2. The van der Waals surface area contributed by atoms with Gasteiger partial charge in [-0.15, -0.1) is 11.3 Å². The van der Waals surface area contributed by atoms with E-state index in [0.717, 1.165) is 22.6 Å². The molecule has 0 saturated heterocycles. The van der Waals surface area contributed by atoms with E-state index < -0.39 is 11.6 Å². The van der Waals surface area contributed by atoms with E-state index in [0.29, 0.717) is 22.0 Å². The van der Waals surface area contributed by atoms with Crippen LogP contribution in [0.15, 0.2) is 42.5 Å². The Morgan fingerprint density at radius 1 is 1.08 bits per heavy atom. The smallest absolute Gasteiger partial charge is 0.257 e. The summed E-state index contributed by atoms with van der Waals surface area (Å²) in [5.74, 6) is -2.09. The number of rotatable bonds is 3. The van der Waals surface area contributed by atoms with Crippen LogP contribution in [-0.4, -0.2) is 10.9 Å². The quantitative estimate of drug-likeness (QED) is 0.730. The summed E-state index contributed by atoms with van der Waals surface area (Å²) in [6, 6.07) is 10.9. The number of carbonyl (C=O) groups excluding carboxylic acids is 1. The van der Waals surface area contributed by atoms with Crippen molar-refractivity contribution >= 4 is 22.4 Å². The molecule has 0 bridgehead atoms. The third kappa shape index (κ3) is 3.33. The molecule has 3 rings (SSSR count). The first kappa shape index (κ1) is 16.3. The molecule has 1 amide bonds. The molecule has 0 aliphatic heterocycles. The van der Waals surface area contributed by atoms with Crippen LogP contribution < -0.4 is 5.32 Å². The van der Waals surface area contributed by atoms with E-state index >= 15 is 0 Å². The largest absolute Gasteiger partial charge is 0.298 e. The summed E-state index contributed by atoms with van der Waals surface area (Å²) in [4.78, 5) is 17.4. The highest BCUT2D eigenvalue weighted by atomic mass is 32.1. The molecule has 0 aliphatic rings. The summed E-state index contributed by atoms with van der Waals surface area (Å²) in [5.41, 5.74) is 2.52. The fourth-order valence-electron chi connectivity index (χ4n) is 2.32. The minimum Gasteiger partial charge on any atom is -0.298 e. The van der Waals surface area contributed by atoms with E-state index in [-0.39, 0.29) is 5.91 Å². The SMILES string of the molecule is Cc1cccc(C(=O)Nc2nc(-c3ccc(F)c(F)c3)c(C)s2)c1. The van der Waals surface area contributed by atoms with Gasteiger partial charge in [-0.1, -0.05) is 17.7 Å². The lowest BCUT2D eigenvalue weighted by molar-refractivity contribution is 0.102. The third-order valence-corrected chi connectivity index (χ3v) is 4.38. The number of aromatic nitrogens is 1. The maximum Gasteiger partial charge on any atom is 0.257 e. The highest BCUT2D eigenvalue weighted by Gasteiger charge is 2.14.